The van der Waals surface area contributed by atoms with Crippen LogP contribution in [0.25, 0.3) is 5.57 Å². The molecule has 0 aliphatic carbocycles. The van der Waals surface area contributed by atoms with Crippen LogP contribution in [0.2, 0.25) is 0 Å². The molecule has 108 valence electrons. The van der Waals surface area contributed by atoms with Gasteiger partial charge in [0.1, 0.15) is 0 Å². The van der Waals surface area contributed by atoms with Crippen LogP contribution < -0.4 is 0 Å². The number of carbonyl (C=O) groups is 1. The number of sulfone groups is 1. The van der Waals surface area contributed by atoms with Gasteiger partial charge < -0.3 is 0 Å². The molecular weight excluding hydrogens is 284 g/mol. The van der Waals surface area contributed by atoms with Gasteiger partial charge in [-0.3, -0.25) is 4.79 Å². The molecule has 0 aliphatic heterocycles. The molecule has 0 fully saturated rings. The van der Waals surface area contributed by atoms with Crippen LogP contribution in [-0.4, -0.2) is 20.0 Å². The molecule has 0 spiro atoms. The SMILES string of the molecule is CCS(=O)(=O)/C=C(\C(=O)c1ccccc1)c1ccccc1. The van der Waals surface area contributed by atoms with Crippen LogP contribution >= 0.6 is 0 Å². The van der Waals surface area contributed by atoms with Crippen LogP contribution in [0, 0.1) is 0 Å². The summed E-state index contributed by atoms with van der Waals surface area (Å²) in [6, 6.07) is 17.5. The maximum absolute atomic E-state index is 12.6. The van der Waals surface area contributed by atoms with Crippen molar-refractivity contribution < 1.29 is 13.2 Å². The molecule has 2 aromatic rings. The van der Waals surface area contributed by atoms with Crippen molar-refractivity contribution in [2.75, 3.05) is 5.75 Å². The molecular formula is C17H16O3S. The molecule has 2 rings (SSSR count). The van der Waals surface area contributed by atoms with Gasteiger partial charge >= 0.3 is 0 Å². The molecule has 0 aliphatic rings. The highest BCUT2D eigenvalue weighted by Gasteiger charge is 2.17. The van der Waals surface area contributed by atoms with E-state index in [9.17, 15) is 13.2 Å². The van der Waals surface area contributed by atoms with E-state index in [1.807, 2.05) is 12.1 Å². The lowest BCUT2D eigenvalue weighted by Gasteiger charge is -2.07. The lowest BCUT2D eigenvalue weighted by molar-refractivity contribution is 0.105. The van der Waals surface area contributed by atoms with Crippen LogP contribution in [0.3, 0.4) is 0 Å². The van der Waals surface area contributed by atoms with Crippen molar-refractivity contribution in [3.05, 3.63) is 77.2 Å². The predicted molar refractivity (Wildman–Crippen MR) is 84.7 cm³/mol. The van der Waals surface area contributed by atoms with Crippen molar-refractivity contribution >= 4 is 21.2 Å². The Labute approximate surface area is 124 Å². The summed E-state index contributed by atoms with van der Waals surface area (Å²) in [5, 5.41) is 1.08. The molecule has 0 amide bonds. The molecule has 0 atom stereocenters. The van der Waals surface area contributed by atoms with E-state index >= 15 is 0 Å². The van der Waals surface area contributed by atoms with Crippen LogP contribution in [0.4, 0.5) is 0 Å². The average molecular weight is 300 g/mol. The van der Waals surface area contributed by atoms with Gasteiger partial charge in [0.05, 0.1) is 5.75 Å². The first-order valence-electron chi connectivity index (χ1n) is 6.63. The minimum atomic E-state index is -3.40. The Balaban J connectivity index is 2.55. The molecule has 4 heteroatoms. The van der Waals surface area contributed by atoms with Crippen molar-refractivity contribution in [2.24, 2.45) is 0 Å². The number of Topliss-reactive ketones (excluding diaryl/α,β-unsaturated/α-hetero) is 1. The fraction of sp³-hybridized carbons (Fsp3) is 0.118. The Bertz CT molecular complexity index is 745. The third-order valence-electron chi connectivity index (χ3n) is 3.07. The van der Waals surface area contributed by atoms with Gasteiger partial charge in [0.2, 0.25) is 0 Å². The molecule has 0 heterocycles. The zero-order valence-corrected chi connectivity index (χ0v) is 12.5. The third-order valence-corrected chi connectivity index (χ3v) is 4.46. The molecule has 0 aromatic heterocycles. The maximum Gasteiger partial charge on any atom is 0.194 e. The second kappa shape index (κ2) is 6.50. The summed E-state index contributed by atoms with van der Waals surface area (Å²) in [7, 11) is -3.40. The van der Waals surface area contributed by atoms with E-state index < -0.39 is 9.84 Å². The molecule has 0 N–H and O–H groups in total. The first-order chi connectivity index (χ1) is 10.0. The van der Waals surface area contributed by atoms with E-state index in [4.69, 9.17) is 0 Å². The van der Waals surface area contributed by atoms with Crippen molar-refractivity contribution in [3.63, 3.8) is 0 Å². The first-order valence-corrected chi connectivity index (χ1v) is 8.34. The molecule has 0 saturated carbocycles. The number of ketones is 1. The van der Waals surface area contributed by atoms with Gasteiger partial charge in [-0.1, -0.05) is 67.6 Å². The monoisotopic (exact) mass is 300 g/mol. The summed E-state index contributed by atoms with van der Waals surface area (Å²) in [4.78, 5) is 12.6. The van der Waals surface area contributed by atoms with Gasteiger partial charge in [0.25, 0.3) is 0 Å². The summed E-state index contributed by atoms with van der Waals surface area (Å²) >= 11 is 0. The standard InChI is InChI=1S/C17H16O3S/c1-2-21(19,20)13-16(14-9-5-3-6-10-14)17(18)15-11-7-4-8-12-15/h3-13H,2H2,1H3/b16-13-. The lowest BCUT2D eigenvalue weighted by Crippen LogP contribution is -2.07. The summed E-state index contributed by atoms with van der Waals surface area (Å²) in [5.74, 6) is -0.329. The summed E-state index contributed by atoms with van der Waals surface area (Å²) < 4.78 is 23.8. The van der Waals surface area contributed by atoms with Gasteiger partial charge in [0.15, 0.2) is 15.6 Å². The molecule has 0 radical (unpaired) electrons. The Morgan fingerprint density at radius 3 is 1.86 bits per heavy atom. The normalized spacial score (nSPS) is 12.1. The average Bonchev–Trinajstić information content (AvgIpc) is 2.54. The fourth-order valence-corrected chi connectivity index (χ4v) is 2.65. The van der Waals surface area contributed by atoms with E-state index in [1.54, 1.807) is 55.5 Å². The Kier molecular flexibility index (Phi) is 4.70. The second-order valence-electron chi connectivity index (χ2n) is 4.54. The number of hydrogen-bond acceptors (Lipinski definition) is 3. The summed E-state index contributed by atoms with van der Waals surface area (Å²) in [6.07, 6.45) is 0. The van der Waals surface area contributed by atoms with Gasteiger partial charge in [-0.05, 0) is 5.56 Å². The molecule has 2 aromatic carbocycles. The van der Waals surface area contributed by atoms with Crippen molar-refractivity contribution in [2.45, 2.75) is 6.92 Å². The largest absolute Gasteiger partial charge is 0.289 e. The van der Waals surface area contributed by atoms with E-state index in [0.717, 1.165) is 5.41 Å². The van der Waals surface area contributed by atoms with Crippen LogP contribution in [0.15, 0.2) is 66.1 Å². The van der Waals surface area contributed by atoms with Crippen molar-refractivity contribution in [3.8, 4) is 0 Å². The molecule has 3 nitrogen and oxygen atoms in total. The number of allylic oxidation sites excluding steroid dienone is 1. The van der Waals surface area contributed by atoms with E-state index in [1.165, 1.54) is 0 Å². The lowest BCUT2D eigenvalue weighted by atomic mass is 9.98. The highest BCUT2D eigenvalue weighted by atomic mass is 32.2. The van der Waals surface area contributed by atoms with Crippen LogP contribution in [0.1, 0.15) is 22.8 Å². The van der Waals surface area contributed by atoms with Crippen LogP contribution in [0.5, 0.6) is 0 Å². The van der Waals surface area contributed by atoms with Crippen molar-refractivity contribution in [1.29, 1.82) is 0 Å². The minimum absolute atomic E-state index is 0.0363. The van der Waals surface area contributed by atoms with Crippen LogP contribution in [-0.2, 0) is 9.84 Å². The van der Waals surface area contributed by atoms with E-state index in [0.29, 0.717) is 11.1 Å². The summed E-state index contributed by atoms with van der Waals surface area (Å²) in [5.41, 5.74) is 1.27. The zero-order valence-electron chi connectivity index (χ0n) is 11.7. The van der Waals surface area contributed by atoms with Gasteiger partial charge in [-0.2, -0.15) is 0 Å². The van der Waals surface area contributed by atoms with Crippen molar-refractivity contribution in [1.82, 2.24) is 0 Å². The minimum Gasteiger partial charge on any atom is -0.289 e. The van der Waals surface area contributed by atoms with E-state index in [2.05, 4.69) is 0 Å². The molecule has 0 unspecified atom stereocenters. The number of rotatable bonds is 5. The Morgan fingerprint density at radius 1 is 0.905 bits per heavy atom. The maximum atomic E-state index is 12.6. The topological polar surface area (TPSA) is 51.2 Å². The fourth-order valence-electron chi connectivity index (χ4n) is 1.88. The number of hydrogen-bond donors (Lipinski definition) is 0. The Hall–Kier alpha value is -2.20. The smallest absolute Gasteiger partial charge is 0.194 e. The molecule has 0 saturated heterocycles. The number of carbonyl (C=O) groups excluding carboxylic acids is 1. The summed E-state index contributed by atoms with van der Waals surface area (Å²) in [6.45, 7) is 1.56. The number of benzene rings is 2. The second-order valence-corrected chi connectivity index (χ2v) is 6.68. The third kappa shape index (κ3) is 3.89. The Morgan fingerprint density at radius 2 is 1.38 bits per heavy atom. The van der Waals surface area contributed by atoms with Gasteiger partial charge in [-0.25, -0.2) is 8.42 Å². The predicted octanol–water partition coefficient (Wildman–Crippen LogP) is 3.35. The molecule has 21 heavy (non-hydrogen) atoms. The molecule has 0 bridgehead atoms. The van der Waals surface area contributed by atoms with E-state index in [-0.39, 0.29) is 17.1 Å². The highest BCUT2D eigenvalue weighted by Crippen LogP contribution is 2.21. The quantitative estimate of drug-likeness (QED) is 0.628. The zero-order chi connectivity index (χ0) is 15.3. The first kappa shape index (κ1) is 15.2. The van der Waals surface area contributed by atoms with Gasteiger partial charge in [0, 0.05) is 16.5 Å². The highest BCUT2D eigenvalue weighted by molar-refractivity contribution is 7.94. The van der Waals surface area contributed by atoms with Gasteiger partial charge in [-0.15, -0.1) is 0 Å².